The number of fused-ring (bicyclic) bond motifs is 1. The van der Waals surface area contributed by atoms with Gasteiger partial charge in [-0.2, -0.15) is 5.10 Å². The number of benzene rings is 1. The molecular weight excluding hydrogens is 336 g/mol. The molecule has 3 rings (SSSR count). The molecule has 138 valence electrons. The molecule has 1 aromatic heterocycles. The summed E-state index contributed by atoms with van der Waals surface area (Å²) < 4.78 is 12.8. The van der Waals surface area contributed by atoms with E-state index in [9.17, 15) is 9.59 Å². The first-order chi connectivity index (χ1) is 12.4. The summed E-state index contributed by atoms with van der Waals surface area (Å²) in [6.45, 7) is 4.01. The molecule has 3 N–H and O–H groups in total. The molecule has 8 heteroatoms. The number of ether oxygens (including phenoxy) is 2. The number of carbonyl (C=O) groups is 2. The van der Waals surface area contributed by atoms with E-state index in [1.54, 1.807) is 17.8 Å². The van der Waals surface area contributed by atoms with Gasteiger partial charge in [0, 0.05) is 24.9 Å². The van der Waals surface area contributed by atoms with Crippen LogP contribution in [0.15, 0.2) is 18.2 Å². The number of hydrogen-bond donors (Lipinski definition) is 2. The monoisotopic (exact) mass is 358 g/mol. The highest BCUT2D eigenvalue weighted by molar-refractivity contribution is 5.94. The second kappa shape index (κ2) is 7.07. The van der Waals surface area contributed by atoms with Crippen LogP contribution in [0.25, 0.3) is 0 Å². The molecule has 0 unspecified atom stereocenters. The van der Waals surface area contributed by atoms with Crippen molar-refractivity contribution in [3.05, 3.63) is 35.0 Å². The molecule has 0 saturated carbocycles. The van der Waals surface area contributed by atoms with E-state index in [4.69, 9.17) is 15.2 Å². The zero-order chi connectivity index (χ0) is 18.8. The van der Waals surface area contributed by atoms with Gasteiger partial charge in [-0.3, -0.25) is 14.3 Å². The average molecular weight is 358 g/mol. The molecule has 8 nitrogen and oxygen atoms in total. The molecule has 0 saturated heterocycles. The maximum atomic E-state index is 12.2. The topological polar surface area (TPSA) is 108 Å². The number of aromatic nitrogens is 2. The molecule has 1 aliphatic heterocycles. The molecular formula is C18H22N4O4. The lowest BCUT2D eigenvalue weighted by Crippen LogP contribution is -2.24. The van der Waals surface area contributed by atoms with Gasteiger partial charge in [-0.15, -0.1) is 0 Å². The van der Waals surface area contributed by atoms with Gasteiger partial charge < -0.3 is 20.5 Å². The molecule has 1 aromatic carbocycles. The van der Waals surface area contributed by atoms with E-state index in [0.717, 1.165) is 22.6 Å². The van der Waals surface area contributed by atoms with Crippen molar-refractivity contribution in [1.29, 1.82) is 0 Å². The lowest BCUT2D eigenvalue weighted by atomic mass is 9.85. The fourth-order valence-electron chi connectivity index (χ4n) is 3.27. The molecule has 2 amide bonds. The van der Waals surface area contributed by atoms with Gasteiger partial charge in [-0.05, 0) is 31.5 Å². The van der Waals surface area contributed by atoms with Crippen molar-refractivity contribution in [2.45, 2.75) is 26.2 Å². The Balaban J connectivity index is 2.00. The highest BCUT2D eigenvalue weighted by Crippen LogP contribution is 2.41. The van der Waals surface area contributed by atoms with Crippen LogP contribution >= 0.6 is 0 Å². The fraction of sp³-hybridized carbons (Fsp3) is 0.389. The second-order valence-corrected chi connectivity index (χ2v) is 6.17. The molecule has 1 aliphatic rings. The Morgan fingerprint density at radius 3 is 2.85 bits per heavy atom. The maximum Gasteiger partial charge on any atom is 0.255 e. The predicted molar refractivity (Wildman–Crippen MR) is 95.3 cm³/mol. The predicted octanol–water partition coefficient (Wildman–Crippen LogP) is 1.47. The van der Waals surface area contributed by atoms with E-state index in [2.05, 4.69) is 10.4 Å². The van der Waals surface area contributed by atoms with E-state index in [-0.39, 0.29) is 18.4 Å². The maximum absolute atomic E-state index is 12.2. The number of primary amides is 1. The van der Waals surface area contributed by atoms with E-state index in [1.807, 2.05) is 26.0 Å². The third kappa shape index (κ3) is 3.35. The summed E-state index contributed by atoms with van der Waals surface area (Å²) in [6, 6.07) is 5.46. The minimum atomic E-state index is -0.559. The third-order valence-corrected chi connectivity index (χ3v) is 4.30. The first kappa shape index (κ1) is 17.8. The van der Waals surface area contributed by atoms with E-state index in [0.29, 0.717) is 24.5 Å². The first-order valence-corrected chi connectivity index (χ1v) is 8.41. The summed E-state index contributed by atoms with van der Waals surface area (Å²) in [4.78, 5) is 23.1. The van der Waals surface area contributed by atoms with Crippen LogP contribution in [0.3, 0.4) is 0 Å². The number of amides is 2. The van der Waals surface area contributed by atoms with Crippen LogP contribution < -0.4 is 20.5 Å². The Hall–Kier alpha value is -3.03. The smallest absolute Gasteiger partial charge is 0.255 e. The molecule has 0 fully saturated rings. The summed E-state index contributed by atoms with van der Waals surface area (Å²) in [7, 11) is 1.81. The molecule has 0 bridgehead atoms. The standard InChI is InChI=1S/C18H22N4O4/c1-4-25-14-7-11(5-6-13(14)26-9-15(19)23)12-8-16(24)20-18-17(12)10(2)21-22(18)3/h5-7,12H,4,8-9H2,1-3H3,(H2,19,23)(H,20,24)/t12-/m1/s1. The zero-order valence-corrected chi connectivity index (χ0v) is 15.0. The fourth-order valence-corrected chi connectivity index (χ4v) is 3.27. The van der Waals surface area contributed by atoms with Crippen LogP contribution in [0.4, 0.5) is 5.82 Å². The average Bonchev–Trinajstić information content (AvgIpc) is 2.87. The minimum absolute atomic E-state index is 0.0579. The van der Waals surface area contributed by atoms with Gasteiger partial charge in [0.25, 0.3) is 5.91 Å². The van der Waals surface area contributed by atoms with Crippen LogP contribution in [-0.2, 0) is 16.6 Å². The highest BCUT2D eigenvalue weighted by atomic mass is 16.5. The molecule has 1 atom stereocenters. The Kier molecular flexibility index (Phi) is 4.83. The van der Waals surface area contributed by atoms with Gasteiger partial charge in [0.15, 0.2) is 18.1 Å². The number of nitrogens with two attached hydrogens (primary N) is 1. The molecule has 0 radical (unpaired) electrons. The Bertz CT molecular complexity index is 859. The van der Waals surface area contributed by atoms with Crippen molar-refractivity contribution < 1.29 is 19.1 Å². The number of carbonyl (C=O) groups excluding carboxylic acids is 2. The largest absolute Gasteiger partial charge is 0.490 e. The second-order valence-electron chi connectivity index (χ2n) is 6.17. The van der Waals surface area contributed by atoms with Crippen molar-refractivity contribution in [3.8, 4) is 11.5 Å². The molecule has 0 spiro atoms. The Labute approximate surface area is 151 Å². The molecule has 2 heterocycles. The molecule has 2 aromatic rings. The number of rotatable bonds is 6. The van der Waals surface area contributed by atoms with Crippen LogP contribution in [0.2, 0.25) is 0 Å². The summed E-state index contributed by atoms with van der Waals surface area (Å²) in [6.07, 6.45) is 0.326. The number of aryl methyl sites for hydroxylation is 2. The normalized spacial score (nSPS) is 16.0. The van der Waals surface area contributed by atoms with Crippen LogP contribution in [0.1, 0.15) is 36.1 Å². The molecule has 0 aliphatic carbocycles. The SMILES string of the molecule is CCOc1cc([C@H]2CC(=O)Nc3c2c(C)nn3C)ccc1OCC(N)=O. The zero-order valence-electron chi connectivity index (χ0n) is 15.0. The Morgan fingerprint density at radius 2 is 2.15 bits per heavy atom. The van der Waals surface area contributed by atoms with Crippen molar-refractivity contribution in [2.24, 2.45) is 12.8 Å². The van der Waals surface area contributed by atoms with Gasteiger partial charge in [-0.25, -0.2) is 0 Å². The quantitative estimate of drug-likeness (QED) is 0.813. The highest BCUT2D eigenvalue weighted by Gasteiger charge is 2.32. The summed E-state index contributed by atoms with van der Waals surface area (Å²) in [5.41, 5.74) is 7.94. The van der Waals surface area contributed by atoms with E-state index >= 15 is 0 Å². The van der Waals surface area contributed by atoms with Crippen LogP contribution in [0, 0.1) is 6.92 Å². The third-order valence-electron chi connectivity index (χ3n) is 4.30. The molecule has 26 heavy (non-hydrogen) atoms. The number of nitrogens with zero attached hydrogens (tertiary/aromatic N) is 2. The van der Waals surface area contributed by atoms with Gasteiger partial charge in [0.05, 0.1) is 12.3 Å². The van der Waals surface area contributed by atoms with Crippen molar-refractivity contribution in [2.75, 3.05) is 18.5 Å². The van der Waals surface area contributed by atoms with Gasteiger partial charge >= 0.3 is 0 Å². The summed E-state index contributed by atoms with van der Waals surface area (Å²) in [5, 5.41) is 7.31. The summed E-state index contributed by atoms with van der Waals surface area (Å²) in [5.74, 6) is 0.930. The lowest BCUT2D eigenvalue weighted by Gasteiger charge is -2.24. The van der Waals surface area contributed by atoms with Gasteiger partial charge in [-0.1, -0.05) is 6.07 Å². The minimum Gasteiger partial charge on any atom is -0.490 e. The van der Waals surface area contributed by atoms with E-state index in [1.165, 1.54) is 0 Å². The van der Waals surface area contributed by atoms with Crippen molar-refractivity contribution in [1.82, 2.24) is 9.78 Å². The Morgan fingerprint density at radius 1 is 1.38 bits per heavy atom. The van der Waals surface area contributed by atoms with Crippen molar-refractivity contribution in [3.63, 3.8) is 0 Å². The van der Waals surface area contributed by atoms with E-state index < -0.39 is 5.91 Å². The van der Waals surface area contributed by atoms with Crippen molar-refractivity contribution >= 4 is 17.6 Å². The summed E-state index contributed by atoms with van der Waals surface area (Å²) >= 11 is 0. The van der Waals surface area contributed by atoms with Gasteiger partial charge in [0.1, 0.15) is 5.82 Å². The number of anilines is 1. The number of nitrogens with one attached hydrogen (secondary N) is 1. The lowest BCUT2D eigenvalue weighted by molar-refractivity contribution is -0.120. The van der Waals surface area contributed by atoms with Crippen LogP contribution in [-0.4, -0.2) is 34.8 Å². The van der Waals surface area contributed by atoms with Crippen LogP contribution in [0.5, 0.6) is 11.5 Å². The van der Waals surface area contributed by atoms with Gasteiger partial charge in [0.2, 0.25) is 5.91 Å². The number of hydrogen-bond acceptors (Lipinski definition) is 5. The first-order valence-electron chi connectivity index (χ1n) is 8.41.